The molecule has 4 rings (SSSR count). The fourth-order valence-corrected chi connectivity index (χ4v) is 4.26. The molecule has 2 amide bonds. The second-order valence-corrected chi connectivity index (χ2v) is 8.50. The van der Waals surface area contributed by atoms with Gasteiger partial charge in [0.2, 0.25) is 0 Å². The lowest BCUT2D eigenvalue weighted by molar-refractivity contribution is 0.0979. The molecule has 1 atom stereocenters. The molecule has 1 aliphatic heterocycles. The highest BCUT2D eigenvalue weighted by Crippen LogP contribution is 2.32. The number of ether oxygens (including phenoxy) is 1. The summed E-state index contributed by atoms with van der Waals surface area (Å²) in [5.41, 5.74) is 3.88. The van der Waals surface area contributed by atoms with Crippen molar-refractivity contribution in [2.45, 2.75) is 25.9 Å². The quantitative estimate of drug-likeness (QED) is 0.577. The SMILES string of the molecule is COc1cc(NC(=O)c2ccccc2C)ccc1C(=O)N1CCC(O)Cc2cc(Cl)ccc21. The summed E-state index contributed by atoms with van der Waals surface area (Å²) < 4.78 is 5.50. The molecule has 3 aromatic carbocycles. The maximum atomic E-state index is 13.5. The zero-order valence-electron chi connectivity index (χ0n) is 18.5. The van der Waals surface area contributed by atoms with Crippen LogP contribution in [0.1, 0.15) is 38.3 Å². The Balaban J connectivity index is 1.62. The number of rotatable bonds is 4. The van der Waals surface area contributed by atoms with Crippen molar-refractivity contribution in [3.8, 4) is 5.75 Å². The maximum Gasteiger partial charge on any atom is 0.262 e. The first-order valence-corrected chi connectivity index (χ1v) is 11.1. The number of hydrogen-bond acceptors (Lipinski definition) is 4. The minimum absolute atomic E-state index is 0.235. The molecule has 3 aromatic rings. The summed E-state index contributed by atoms with van der Waals surface area (Å²) in [6, 6.07) is 17.6. The summed E-state index contributed by atoms with van der Waals surface area (Å²) in [6.45, 7) is 2.24. The van der Waals surface area contributed by atoms with Crippen LogP contribution in [0.4, 0.5) is 11.4 Å². The van der Waals surface area contributed by atoms with Gasteiger partial charge < -0.3 is 20.1 Å². The van der Waals surface area contributed by atoms with Crippen molar-refractivity contribution in [1.82, 2.24) is 0 Å². The Morgan fingerprint density at radius 2 is 1.88 bits per heavy atom. The molecule has 1 unspecified atom stereocenters. The first kappa shape index (κ1) is 22.8. The Morgan fingerprint density at radius 1 is 1.09 bits per heavy atom. The van der Waals surface area contributed by atoms with Crippen LogP contribution in [0.15, 0.2) is 60.7 Å². The fourth-order valence-electron chi connectivity index (χ4n) is 4.06. The van der Waals surface area contributed by atoms with E-state index in [1.165, 1.54) is 7.11 Å². The molecule has 0 spiro atoms. The van der Waals surface area contributed by atoms with Gasteiger partial charge in [0.15, 0.2) is 0 Å². The van der Waals surface area contributed by atoms with Gasteiger partial charge in [-0.2, -0.15) is 0 Å². The second-order valence-electron chi connectivity index (χ2n) is 8.06. The summed E-state index contributed by atoms with van der Waals surface area (Å²) in [4.78, 5) is 27.8. The van der Waals surface area contributed by atoms with E-state index in [0.717, 1.165) is 16.8 Å². The maximum absolute atomic E-state index is 13.5. The molecule has 33 heavy (non-hydrogen) atoms. The predicted molar refractivity (Wildman–Crippen MR) is 130 cm³/mol. The molecule has 170 valence electrons. The third-order valence-electron chi connectivity index (χ3n) is 5.80. The van der Waals surface area contributed by atoms with Crippen LogP contribution in [0.5, 0.6) is 5.75 Å². The molecule has 0 radical (unpaired) electrons. The van der Waals surface area contributed by atoms with E-state index in [2.05, 4.69) is 5.32 Å². The van der Waals surface area contributed by atoms with E-state index in [9.17, 15) is 14.7 Å². The first-order valence-electron chi connectivity index (χ1n) is 10.7. The van der Waals surface area contributed by atoms with Gasteiger partial charge in [-0.1, -0.05) is 29.8 Å². The lowest BCUT2D eigenvalue weighted by Gasteiger charge is -2.24. The van der Waals surface area contributed by atoms with Gasteiger partial charge in [-0.3, -0.25) is 9.59 Å². The number of aliphatic hydroxyl groups is 1. The average molecular weight is 465 g/mol. The summed E-state index contributed by atoms with van der Waals surface area (Å²) in [6.07, 6.45) is 0.326. The van der Waals surface area contributed by atoms with Crippen molar-refractivity contribution < 1.29 is 19.4 Å². The number of benzene rings is 3. The zero-order chi connectivity index (χ0) is 23.5. The highest BCUT2D eigenvalue weighted by molar-refractivity contribution is 6.30. The number of carbonyl (C=O) groups excluding carboxylic acids is 2. The van der Waals surface area contributed by atoms with Crippen molar-refractivity contribution in [3.05, 3.63) is 87.9 Å². The lowest BCUT2D eigenvalue weighted by Crippen LogP contribution is -2.32. The average Bonchev–Trinajstić information content (AvgIpc) is 2.96. The van der Waals surface area contributed by atoms with Crippen LogP contribution < -0.4 is 15.0 Å². The third-order valence-corrected chi connectivity index (χ3v) is 6.03. The first-order chi connectivity index (χ1) is 15.9. The summed E-state index contributed by atoms with van der Waals surface area (Å²) in [5.74, 6) is -0.134. The van der Waals surface area contributed by atoms with Crippen molar-refractivity contribution >= 4 is 34.8 Å². The van der Waals surface area contributed by atoms with E-state index in [-0.39, 0.29) is 11.8 Å². The monoisotopic (exact) mass is 464 g/mol. The highest BCUT2D eigenvalue weighted by Gasteiger charge is 2.27. The number of methoxy groups -OCH3 is 1. The van der Waals surface area contributed by atoms with Crippen LogP contribution in [-0.4, -0.2) is 36.7 Å². The Bertz CT molecular complexity index is 1210. The fraction of sp³-hybridized carbons (Fsp3) is 0.231. The Hall–Kier alpha value is -3.35. The Labute approximate surface area is 197 Å². The van der Waals surface area contributed by atoms with Gasteiger partial charge in [0, 0.05) is 41.0 Å². The molecule has 2 N–H and O–H groups in total. The van der Waals surface area contributed by atoms with E-state index in [0.29, 0.717) is 47.0 Å². The van der Waals surface area contributed by atoms with E-state index >= 15 is 0 Å². The normalized spacial score (nSPS) is 15.4. The van der Waals surface area contributed by atoms with Crippen molar-refractivity contribution in [2.75, 3.05) is 23.9 Å². The number of aliphatic hydroxyl groups excluding tert-OH is 1. The van der Waals surface area contributed by atoms with Crippen LogP contribution in [0.3, 0.4) is 0 Å². The standard InChI is InChI=1S/C26H25ClN2O4/c1-16-5-3-4-6-21(16)25(31)28-19-8-9-22(24(15-19)33-2)26(32)29-12-11-20(30)14-17-13-18(27)7-10-23(17)29/h3-10,13,15,20,30H,11-12,14H2,1-2H3,(H,28,31). The summed E-state index contributed by atoms with van der Waals surface area (Å²) in [5, 5.41) is 13.7. The van der Waals surface area contributed by atoms with Crippen LogP contribution in [0.2, 0.25) is 5.02 Å². The van der Waals surface area contributed by atoms with E-state index < -0.39 is 6.10 Å². The van der Waals surface area contributed by atoms with Crippen molar-refractivity contribution in [1.29, 1.82) is 0 Å². The van der Waals surface area contributed by atoms with Gasteiger partial charge in [-0.15, -0.1) is 0 Å². The van der Waals surface area contributed by atoms with Crippen molar-refractivity contribution in [2.24, 2.45) is 0 Å². The zero-order valence-corrected chi connectivity index (χ0v) is 19.2. The molecule has 0 aromatic heterocycles. The Morgan fingerprint density at radius 3 is 2.64 bits per heavy atom. The van der Waals surface area contributed by atoms with Crippen LogP contribution in [0, 0.1) is 6.92 Å². The van der Waals surface area contributed by atoms with Crippen LogP contribution in [-0.2, 0) is 6.42 Å². The number of carbonyl (C=O) groups is 2. The number of nitrogens with one attached hydrogen (secondary N) is 1. The minimum atomic E-state index is -0.555. The van der Waals surface area contributed by atoms with Gasteiger partial charge in [-0.25, -0.2) is 0 Å². The number of anilines is 2. The molecule has 6 nitrogen and oxygen atoms in total. The highest BCUT2D eigenvalue weighted by atomic mass is 35.5. The van der Waals surface area contributed by atoms with Gasteiger partial charge in [0.25, 0.3) is 11.8 Å². The molecule has 1 heterocycles. The molecular formula is C26H25ClN2O4. The summed E-state index contributed by atoms with van der Waals surface area (Å²) in [7, 11) is 1.49. The number of fused-ring (bicyclic) bond motifs is 1. The van der Waals surface area contributed by atoms with Gasteiger partial charge in [0.1, 0.15) is 5.75 Å². The topological polar surface area (TPSA) is 78.9 Å². The second kappa shape index (κ2) is 9.65. The largest absolute Gasteiger partial charge is 0.496 e. The number of halogens is 1. The van der Waals surface area contributed by atoms with Crippen LogP contribution >= 0.6 is 11.6 Å². The Kier molecular flexibility index (Phi) is 6.67. The molecule has 0 fully saturated rings. The molecular weight excluding hydrogens is 440 g/mol. The molecule has 0 saturated heterocycles. The number of nitrogens with zero attached hydrogens (tertiary/aromatic N) is 1. The van der Waals surface area contributed by atoms with Gasteiger partial charge in [0.05, 0.1) is 18.8 Å². The van der Waals surface area contributed by atoms with E-state index in [4.69, 9.17) is 16.3 Å². The van der Waals surface area contributed by atoms with Crippen LogP contribution in [0.25, 0.3) is 0 Å². The third kappa shape index (κ3) is 4.87. The lowest BCUT2D eigenvalue weighted by atomic mass is 10.1. The summed E-state index contributed by atoms with van der Waals surface area (Å²) >= 11 is 6.14. The molecule has 0 aliphatic carbocycles. The number of aryl methyl sites for hydroxylation is 1. The molecule has 0 saturated carbocycles. The molecule has 0 bridgehead atoms. The van der Waals surface area contributed by atoms with Crippen molar-refractivity contribution in [3.63, 3.8) is 0 Å². The minimum Gasteiger partial charge on any atom is -0.496 e. The predicted octanol–water partition coefficient (Wildman–Crippen LogP) is 4.86. The molecule has 1 aliphatic rings. The smallest absolute Gasteiger partial charge is 0.262 e. The molecule has 7 heteroatoms. The number of amides is 2. The number of hydrogen-bond donors (Lipinski definition) is 2. The van der Waals surface area contributed by atoms with E-state index in [1.807, 2.05) is 25.1 Å². The van der Waals surface area contributed by atoms with E-state index in [1.54, 1.807) is 47.4 Å². The van der Waals surface area contributed by atoms with Gasteiger partial charge in [-0.05, 0) is 60.9 Å². The van der Waals surface area contributed by atoms with Gasteiger partial charge >= 0.3 is 0 Å².